The highest BCUT2D eigenvalue weighted by Crippen LogP contribution is 2.45. The molecule has 2 saturated carbocycles. The molecule has 2 aromatic heterocycles. The summed E-state index contributed by atoms with van der Waals surface area (Å²) in [5.74, 6) is 3.58. The van der Waals surface area contributed by atoms with Gasteiger partial charge in [0.2, 0.25) is 0 Å². The standard InChI is InChI=1S/C36H43N3O4/c1-21-25-8-10-29(21)39(20-25)36(40)26-16-32(42-4)34-22(2)35(43-33(34)17-26)31-15-24-7-9-27(37-13-11-28(41-3)12-14-37)18-30(24)38(31)19-23-5-6-23/h7,9,15-18,21,23,25,28-29H,5-6,8,10-14,19-20H2,1-4H3/t21-,25?,29?/m1/s1. The number of likely N-dealkylation sites (tertiary alicyclic amines) is 1. The number of furan rings is 1. The zero-order valence-corrected chi connectivity index (χ0v) is 25.9. The maximum atomic E-state index is 13.8. The van der Waals surface area contributed by atoms with E-state index < -0.39 is 0 Å². The normalized spacial score (nSPS) is 24.1. The van der Waals surface area contributed by atoms with Crippen LogP contribution in [-0.4, -0.2) is 61.4 Å². The molecule has 1 amide bonds. The molecule has 43 heavy (non-hydrogen) atoms. The number of methoxy groups -OCH3 is 2. The van der Waals surface area contributed by atoms with Crippen molar-refractivity contribution in [2.24, 2.45) is 17.8 Å². The topological polar surface area (TPSA) is 60.1 Å². The van der Waals surface area contributed by atoms with Gasteiger partial charge in [-0.3, -0.25) is 4.79 Å². The number of hydrogen-bond donors (Lipinski definition) is 0. The summed E-state index contributed by atoms with van der Waals surface area (Å²) in [6.45, 7) is 8.30. The number of piperidine rings is 2. The van der Waals surface area contributed by atoms with Gasteiger partial charge in [-0.25, -0.2) is 0 Å². The lowest BCUT2D eigenvalue weighted by atomic mass is 10.0. The van der Waals surface area contributed by atoms with Crippen LogP contribution in [0.5, 0.6) is 5.75 Å². The van der Waals surface area contributed by atoms with E-state index >= 15 is 0 Å². The van der Waals surface area contributed by atoms with Gasteiger partial charge in [0.15, 0.2) is 5.76 Å². The second-order valence-corrected chi connectivity index (χ2v) is 13.6. The zero-order valence-electron chi connectivity index (χ0n) is 25.9. The highest BCUT2D eigenvalue weighted by Gasteiger charge is 2.46. The lowest BCUT2D eigenvalue weighted by Crippen LogP contribution is -2.38. The van der Waals surface area contributed by atoms with Crippen LogP contribution in [0, 0.1) is 24.7 Å². The average molecular weight is 582 g/mol. The number of fused-ring (bicyclic) bond motifs is 4. The van der Waals surface area contributed by atoms with E-state index in [0.29, 0.717) is 41.2 Å². The van der Waals surface area contributed by atoms with Gasteiger partial charge < -0.3 is 28.3 Å². The van der Waals surface area contributed by atoms with Crippen molar-refractivity contribution in [3.05, 3.63) is 47.5 Å². The Morgan fingerprint density at radius 3 is 2.49 bits per heavy atom. The summed E-state index contributed by atoms with van der Waals surface area (Å²) in [5, 5.41) is 2.18. The van der Waals surface area contributed by atoms with Crippen molar-refractivity contribution in [1.82, 2.24) is 9.47 Å². The Morgan fingerprint density at radius 1 is 1.00 bits per heavy atom. The molecular weight excluding hydrogens is 538 g/mol. The maximum Gasteiger partial charge on any atom is 0.254 e. The molecule has 8 rings (SSSR count). The summed E-state index contributed by atoms with van der Waals surface area (Å²) in [7, 11) is 3.51. The van der Waals surface area contributed by atoms with Crippen molar-refractivity contribution in [3.63, 3.8) is 0 Å². The van der Waals surface area contributed by atoms with E-state index in [9.17, 15) is 4.79 Å². The lowest BCUT2D eigenvalue weighted by Gasteiger charge is -2.33. The number of rotatable bonds is 7. The van der Waals surface area contributed by atoms with E-state index in [4.69, 9.17) is 13.9 Å². The first-order valence-corrected chi connectivity index (χ1v) is 16.3. The highest BCUT2D eigenvalue weighted by atomic mass is 16.5. The van der Waals surface area contributed by atoms with Crippen molar-refractivity contribution in [1.29, 1.82) is 0 Å². The van der Waals surface area contributed by atoms with E-state index in [-0.39, 0.29) is 5.91 Å². The zero-order chi connectivity index (χ0) is 29.4. The van der Waals surface area contributed by atoms with Crippen LogP contribution in [0.25, 0.3) is 33.3 Å². The summed E-state index contributed by atoms with van der Waals surface area (Å²) in [6.07, 6.45) is 7.39. The predicted octanol–water partition coefficient (Wildman–Crippen LogP) is 7.27. The van der Waals surface area contributed by atoms with Crippen molar-refractivity contribution in [3.8, 4) is 17.2 Å². The van der Waals surface area contributed by atoms with E-state index in [0.717, 1.165) is 73.4 Å². The van der Waals surface area contributed by atoms with Gasteiger partial charge in [0, 0.05) is 61.5 Å². The SMILES string of the molecule is COc1cc(C(=O)N2CC3CCC2[C@@H]3C)cc2oc(-c3cc4ccc(N5CCC(OC)CC5)cc4n3CC3CC3)c(C)c12. The summed E-state index contributed by atoms with van der Waals surface area (Å²) >= 11 is 0. The minimum absolute atomic E-state index is 0.0970. The molecule has 0 N–H and O–H groups in total. The Bertz CT molecular complexity index is 1710. The molecule has 7 heteroatoms. The number of ether oxygens (including phenoxy) is 2. The number of aromatic nitrogens is 1. The van der Waals surface area contributed by atoms with Crippen LogP contribution in [0.15, 0.2) is 40.8 Å². The van der Waals surface area contributed by atoms with Crippen LogP contribution in [0.1, 0.15) is 61.4 Å². The molecule has 2 aliphatic carbocycles. The predicted molar refractivity (Wildman–Crippen MR) is 170 cm³/mol. The molecule has 2 aliphatic heterocycles. The molecule has 4 fully saturated rings. The van der Waals surface area contributed by atoms with Gasteiger partial charge in [-0.2, -0.15) is 0 Å². The average Bonchev–Trinajstić information content (AvgIpc) is 3.44. The summed E-state index contributed by atoms with van der Waals surface area (Å²) in [4.78, 5) is 18.4. The molecule has 4 aromatic rings. The van der Waals surface area contributed by atoms with Crippen LogP contribution in [-0.2, 0) is 11.3 Å². The number of benzene rings is 2. The molecule has 2 saturated heterocycles. The highest BCUT2D eigenvalue weighted by molar-refractivity contribution is 6.02. The van der Waals surface area contributed by atoms with Gasteiger partial charge in [0.1, 0.15) is 11.3 Å². The summed E-state index contributed by atoms with van der Waals surface area (Å²) in [5.41, 5.74) is 6.07. The molecule has 0 spiro atoms. The number of carbonyl (C=O) groups excluding carboxylic acids is 1. The lowest BCUT2D eigenvalue weighted by molar-refractivity contribution is 0.0695. The number of aryl methyl sites for hydroxylation is 1. The van der Waals surface area contributed by atoms with Crippen LogP contribution >= 0.6 is 0 Å². The quantitative estimate of drug-likeness (QED) is 0.230. The first-order chi connectivity index (χ1) is 20.9. The molecule has 0 radical (unpaired) electrons. The van der Waals surface area contributed by atoms with Gasteiger partial charge in [-0.1, -0.05) is 13.0 Å². The molecule has 7 nitrogen and oxygen atoms in total. The van der Waals surface area contributed by atoms with Gasteiger partial charge in [-0.05, 0) is 93.5 Å². The number of amides is 1. The van der Waals surface area contributed by atoms with Gasteiger partial charge in [0.05, 0.1) is 29.8 Å². The molecule has 4 heterocycles. The fourth-order valence-electron chi connectivity index (χ4n) is 8.31. The molecule has 226 valence electrons. The van der Waals surface area contributed by atoms with Gasteiger partial charge in [0.25, 0.3) is 5.91 Å². The number of anilines is 1. The Kier molecular flexibility index (Phi) is 6.51. The third kappa shape index (κ3) is 4.45. The molecule has 2 aromatic carbocycles. The van der Waals surface area contributed by atoms with Gasteiger partial charge >= 0.3 is 0 Å². The van der Waals surface area contributed by atoms with Crippen molar-refractivity contribution >= 4 is 33.5 Å². The summed E-state index contributed by atoms with van der Waals surface area (Å²) < 4.78 is 20.7. The second kappa shape index (κ2) is 10.3. The van der Waals surface area contributed by atoms with E-state index in [1.165, 1.54) is 35.9 Å². The Hall–Kier alpha value is -3.45. The Balaban J connectivity index is 1.19. The van der Waals surface area contributed by atoms with Crippen LogP contribution in [0.2, 0.25) is 0 Å². The first-order valence-electron chi connectivity index (χ1n) is 16.3. The monoisotopic (exact) mass is 581 g/mol. The third-order valence-electron chi connectivity index (χ3n) is 11.1. The fourth-order valence-corrected chi connectivity index (χ4v) is 8.31. The minimum Gasteiger partial charge on any atom is -0.496 e. The molecule has 4 aliphatic rings. The number of carbonyl (C=O) groups is 1. The van der Waals surface area contributed by atoms with E-state index in [2.05, 4.69) is 52.5 Å². The number of hydrogen-bond acceptors (Lipinski definition) is 5. The smallest absolute Gasteiger partial charge is 0.254 e. The van der Waals surface area contributed by atoms with Crippen molar-refractivity contribution in [2.75, 3.05) is 38.8 Å². The van der Waals surface area contributed by atoms with Crippen molar-refractivity contribution < 1.29 is 18.7 Å². The fraction of sp³-hybridized carbons (Fsp3) is 0.528. The summed E-state index contributed by atoms with van der Waals surface area (Å²) in [6, 6.07) is 13.4. The minimum atomic E-state index is 0.0970. The van der Waals surface area contributed by atoms with Crippen molar-refractivity contribution in [2.45, 2.75) is 71.1 Å². The molecule has 2 bridgehead atoms. The number of nitrogens with zero attached hydrogens (tertiary/aromatic N) is 3. The van der Waals surface area contributed by atoms with Crippen LogP contribution in [0.3, 0.4) is 0 Å². The molecule has 2 unspecified atom stereocenters. The van der Waals surface area contributed by atoms with Gasteiger partial charge in [-0.15, -0.1) is 0 Å². The Morgan fingerprint density at radius 2 is 1.81 bits per heavy atom. The maximum absolute atomic E-state index is 13.8. The van der Waals surface area contributed by atoms with Crippen LogP contribution in [0.4, 0.5) is 5.69 Å². The molecule has 3 atom stereocenters. The van der Waals surface area contributed by atoms with Crippen LogP contribution < -0.4 is 9.64 Å². The second-order valence-electron chi connectivity index (χ2n) is 13.6. The third-order valence-corrected chi connectivity index (χ3v) is 11.1. The van der Waals surface area contributed by atoms with E-state index in [1.54, 1.807) is 7.11 Å². The largest absolute Gasteiger partial charge is 0.496 e. The first kappa shape index (κ1) is 27.1. The Labute approximate surface area is 253 Å². The van der Waals surface area contributed by atoms with E-state index in [1.807, 2.05) is 19.2 Å². The molecular formula is C36H43N3O4.